The molecule has 0 saturated carbocycles. The van der Waals surface area contributed by atoms with E-state index in [9.17, 15) is 0 Å². The van der Waals surface area contributed by atoms with Crippen molar-refractivity contribution in [3.05, 3.63) is 30.4 Å². The van der Waals surface area contributed by atoms with Crippen molar-refractivity contribution in [3.63, 3.8) is 0 Å². The van der Waals surface area contributed by atoms with Crippen LogP contribution in [-0.2, 0) is 6.54 Å². The number of hydrogen-bond acceptors (Lipinski definition) is 4. The summed E-state index contributed by atoms with van der Waals surface area (Å²) in [6.07, 6.45) is 8.44. The van der Waals surface area contributed by atoms with Gasteiger partial charge in [-0.3, -0.25) is 9.30 Å². The first-order valence-corrected chi connectivity index (χ1v) is 7.00. The van der Waals surface area contributed by atoms with Crippen LogP contribution in [0.2, 0.25) is 0 Å². The maximum Gasteiger partial charge on any atom is 0.233 e. The summed E-state index contributed by atoms with van der Waals surface area (Å²) in [6.45, 7) is 4.43. The van der Waals surface area contributed by atoms with Gasteiger partial charge in [-0.1, -0.05) is 0 Å². The van der Waals surface area contributed by atoms with E-state index in [0.29, 0.717) is 0 Å². The molecule has 5 heteroatoms. The summed E-state index contributed by atoms with van der Waals surface area (Å²) in [5.74, 6) is 1.63. The quantitative estimate of drug-likeness (QED) is 0.895. The molecule has 3 rings (SSSR count). The Morgan fingerprint density at radius 2 is 2.21 bits per heavy atom. The van der Waals surface area contributed by atoms with Crippen LogP contribution in [0.3, 0.4) is 0 Å². The van der Waals surface area contributed by atoms with E-state index < -0.39 is 0 Å². The minimum Gasteiger partial charge on any atom is -0.319 e. The Bertz CT molecular complexity index is 494. The Hall–Kier alpha value is -1.46. The summed E-state index contributed by atoms with van der Waals surface area (Å²) in [5.41, 5.74) is 1.12. The van der Waals surface area contributed by atoms with Gasteiger partial charge in [0.05, 0.1) is 5.69 Å². The molecule has 1 N–H and O–H groups in total. The zero-order valence-corrected chi connectivity index (χ0v) is 11.4. The van der Waals surface area contributed by atoms with E-state index in [1.54, 1.807) is 6.20 Å². The molecule has 0 aliphatic carbocycles. The summed E-state index contributed by atoms with van der Waals surface area (Å²) in [7, 11) is 2.04. The zero-order chi connectivity index (χ0) is 13.1. The van der Waals surface area contributed by atoms with Crippen LogP contribution < -0.4 is 5.32 Å². The molecule has 2 aromatic heterocycles. The van der Waals surface area contributed by atoms with E-state index in [0.717, 1.165) is 30.5 Å². The fourth-order valence-corrected chi connectivity index (χ4v) is 2.82. The maximum absolute atomic E-state index is 4.56. The van der Waals surface area contributed by atoms with E-state index in [4.69, 9.17) is 0 Å². The molecule has 0 radical (unpaired) electrons. The molecular formula is C14H21N5. The molecule has 0 spiro atoms. The molecule has 1 fully saturated rings. The lowest BCUT2D eigenvalue weighted by molar-refractivity contribution is 0.175. The predicted molar refractivity (Wildman–Crippen MR) is 74.9 cm³/mol. The molecule has 0 bridgehead atoms. The number of piperidine rings is 1. The van der Waals surface area contributed by atoms with Gasteiger partial charge in [-0.05, 0) is 51.5 Å². The minimum absolute atomic E-state index is 0.794. The molecule has 0 amide bonds. The Balaban J connectivity index is 1.60. The zero-order valence-electron chi connectivity index (χ0n) is 11.4. The molecule has 0 unspecified atom stereocenters. The second-order valence-electron chi connectivity index (χ2n) is 5.34. The van der Waals surface area contributed by atoms with Gasteiger partial charge in [0.2, 0.25) is 5.78 Å². The smallest absolute Gasteiger partial charge is 0.233 e. The van der Waals surface area contributed by atoms with Crippen molar-refractivity contribution in [2.45, 2.75) is 19.4 Å². The standard InChI is InChI=1S/C14H21N5/c1-15-9-12-3-7-18(8-4-12)10-13-11-19-6-2-5-16-14(19)17-13/h2,5-6,11-12,15H,3-4,7-10H2,1H3. The molecule has 102 valence electrons. The lowest BCUT2D eigenvalue weighted by atomic mass is 9.97. The predicted octanol–water partition coefficient (Wildman–Crippen LogP) is 1.16. The second-order valence-corrected chi connectivity index (χ2v) is 5.34. The van der Waals surface area contributed by atoms with Crippen molar-refractivity contribution in [3.8, 4) is 0 Å². The molecule has 0 aromatic carbocycles. The fourth-order valence-electron chi connectivity index (χ4n) is 2.82. The number of fused-ring (bicyclic) bond motifs is 1. The van der Waals surface area contributed by atoms with Crippen molar-refractivity contribution in [1.82, 2.24) is 24.6 Å². The molecule has 1 aliphatic rings. The first kappa shape index (κ1) is 12.6. The van der Waals surface area contributed by atoms with Gasteiger partial charge in [0, 0.05) is 25.1 Å². The first-order valence-electron chi connectivity index (χ1n) is 7.00. The van der Waals surface area contributed by atoms with E-state index in [2.05, 4.69) is 26.4 Å². The summed E-state index contributed by atoms with van der Waals surface area (Å²) in [4.78, 5) is 11.3. The van der Waals surface area contributed by atoms with Crippen molar-refractivity contribution < 1.29 is 0 Å². The van der Waals surface area contributed by atoms with Crippen LogP contribution in [0.4, 0.5) is 0 Å². The summed E-state index contributed by atoms with van der Waals surface area (Å²) < 4.78 is 1.99. The third kappa shape index (κ3) is 2.93. The monoisotopic (exact) mass is 259 g/mol. The summed E-state index contributed by atoms with van der Waals surface area (Å²) in [6, 6.07) is 1.93. The SMILES string of the molecule is CNCC1CCN(Cc2cn3cccnc3n2)CC1. The molecule has 1 aliphatic heterocycles. The van der Waals surface area contributed by atoms with E-state index >= 15 is 0 Å². The first-order chi connectivity index (χ1) is 9.35. The largest absolute Gasteiger partial charge is 0.319 e. The Kier molecular flexibility index (Phi) is 3.75. The maximum atomic E-state index is 4.56. The molecule has 0 atom stereocenters. The highest BCUT2D eigenvalue weighted by molar-refractivity contribution is 5.29. The number of likely N-dealkylation sites (tertiary alicyclic amines) is 1. The van der Waals surface area contributed by atoms with Gasteiger partial charge < -0.3 is 5.32 Å². The molecule has 2 aromatic rings. The molecule has 5 nitrogen and oxygen atoms in total. The number of aromatic nitrogens is 3. The van der Waals surface area contributed by atoms with E-state index in [-0.39, 0.29) is 0 Å². The van der Waals surface area contributed by atoms with Gasteiger partial charge >= 0.3 is 0 Å². The van der Waals surface area contributed by atoms with Gasteiger partial charge in [0.25, 0.3) is 0 Å². The average Bonchev–Trinajstić information content (AvgIpc) is 2.83. The van der Waals surface area contributed by atoms with Crippen LogP contribution in [0.15, 0.2) is 24.7 Å². The highest BCUT2D eigenvalue weighted by Crippen LogP contribution is 2.18. The number of rotatable bonds is 4. The van der Waals surface area contributed by atoms with Gasteiger partial charge in [-0.25, -0.2) is 9.97 Å². The minimum atomic E-state index is 0.794. The second kappa shape index (κ2) is 5.67. The Morgan fingerprint density at radius 3 is 2.95 bits per heavy atom. The van der Waals surface area contributed by atoms with Crippen molar-refractivity contribution in [2.75, 3.05) is 26.7 Å². The summed E-state index contributed by atoms with van der Waals surface area (Å²) in [5, 5.41) is 3.28. The van der Waals surface area contributed by atoms with Crippen molar-refractivity contribution in [1.29, 1.82) is 0 Å². The highest BCUT2D eigenvalue weighted by Gasteiger charge is 2.19. The van der Waals surface area contributed by atoms with Crippen LogP contribution in [-0.4, -0.2) is 46.0 Å². The highest BCUT2D eigenvalue weighted by atomic mass is 15.2. The lowest BCUT2D eigenvalue weighted by Crippen LogP contribution is -2.36. The molecule has 19 heavy (non-hydrogen) atoms. The number of nitrogens with one attached hydrogen (secondary N) is 1. The van der Waals surface area contributed by atoms with Crippen LogP contribution in [0, 0.1) is 5.92 Å². The summed E-state index contributed by atoms with van der Waals surface area (Å²) >= 11 is 0. The number of imidazole rings is 1. The van der Waals surface area contributed by atoms with E-state index in [1.165, 1.54) is 25.9 Å². The number of hydrogen-bond donors (Lipinski definition) is 1. The van der Waals surface area contributed by atoms with Crippen LogP contribution >= 0.6 is 0 Å². The van der Waals surface area contributed by atoms with Crippen LogP contribution in [0.5, 0.6) is 0 Å². The number of nitrogens with zero attached hydrogens (tertiary/aromatic N) is 4. The van der Waals surface area contributed by atoms with Crippen LogP contribution in [0.1, 0.15) is 18.5 Å². The Labute approximate surface area is 113 Å². The normalized spacial score (nSPS) is 18.2. The Morgan fingerprint density at radius 1 is 1.37 bits per heavy atom. The molecule has 3 heterocycles. The molecular weight excluding hydrogens is 238 g/mol. The molecule has 1 saturated heterocycles. The van der Waals surface area contributed by atoms with Gasteiger partial charge in [-0.15, -0.1) is 0 Å². The van der Waals surface area contributed by atoms with Crippen molar-refractivity contribution in [2.24, 2.45) is 5.92 Å². The lowest BCUT2D eigenvalue weighted by Gasteiger charge is -2.31. The third-order valence-electron chi connectivity index (χ3n) is 3.87. The van der Waals surface area contributed by atoms with Gasteiger partial charge in [-0.2, -0.15) is 0 Å². The van der Waals surface area contributed by atoms with E-state index in [1.807, 2.05) is 23.7 Å². The van der Waals surface area contributed by atoms with Crippen molar-refractivity contribution >= 4 is 5.78 Å². The van der Waals surface area contributed by atoms with Gasteiger partial charge in [0.15, 0.2) is 0 Å². The van der Waals surface area contributed by atoms with Gasteiger partial charge in [0.1, 0.15) is 0 Å². The average molecular weight is 259 g/mol. The van der Waals surface area contributed by atoms with Crippen LogP contribution in [0.25, 0.3) is 5.78 Å². The topological polar surface area (TPSA) is 45.5 Å². The third-order valence-corrected chi connectivity index (χ3v) is 3.87. The fraction of sp³-hybridized carbons (Fsp3) is 0.571.